The number of imide groups is 1. The Labute approximate surface area is 113 Å². The number of alkyl halides is 3. The number of rotatable bonds is 6. The van der Waals surface area contributed by atoms with E-state index < -0.39 is 43.2 Å². The Morgan fingerprint density at radius 3 is 2.25 bits per heavy atom. The molecule has 0 aliphatic carbocycles. The van der Waals surface area contributed by atoms with Gasteiger partial charge in [0.05, 0.1) is 19.1 Å². The van der Waals surface area contributed by atoms with Gasteiger partial charge in [-0.1, -0.05) is 0 Å². The standard InChI is InChI=1S/C10H16F3N3O4/c1-3-14-9(20)15-8(19)6(2)16(4-7(17)18)5-10(11,12)13/h6H,3-5H2,1-2H3,(H,17,18)(H2,14,15,19,20). The molecule has 0 fully saturated rings. The zero-order valence-electron chi connectivity index (χ0n) is 11.0. The maximum Gasteiger partial charge on any atom is 0.401 e. The summed E-state index contributed by atoms with van der Waals surface area (Å²) in [4.78, 5) is 33.6. The summed E-state index contributed by atoms with van der Waals surface area (Å²) in [6.45, 7) is 0.374. The van der Waals surface area contributed by atoms with E-state index in [9.17, 15) is 27.6 Å². The number of nitrogens with one attached hydrogen (secondary N) is 2. The van der Waals surface area contributed by atoms with E-state index in [1.165, 1.54) is 0 Å². The topological polar surface area (TPSA) is 98.7 Å². The summed E-state index contributed by atoms with van der Waals surface area (Å²) < 4.78 is 37.0. The van der Waals surface area contributed by atoms with Gasteiger partial charge >= 0.3 is 18.2 Å². The summed E-state index contributed by atoms with van der Waals surface area (Å²) in [6, 6.07) is -2.28. The van der Waals surface area contributed by atoms with Crippen LogP contribution in [0.1, 0.15) is 13.8 Å². The first kappa shape index (κ1) is 18.2. The zero-order chi connectivity index (χ0) is 15.9. The van der Waals surface area contributed by atoms with Gasteiger partial charge in [-0.2, -0.15) is 13.2 Å². The summed E-state index contributed by atoms with van der Waals surface area (Å²) in [7, 11) is 0. The molecule has 0 bridgehead atoms. The third-order valence-electron chi connectivity index (χ3n) is 2.22. The van der Waals surface area contributed by atoms with Gasteiger partial charge in [-0.3, -0.25) is 19.8 Å². The van der Waals surface area contributed by atoms with Crippen LogP contribution >= 0.6 is 0 Å². The van der Waals surface area contributed by atoms with E-state index in [-0.39, 0.29) is 6.54 Å². The molecule has 0 aromatic carbocycles. The second kappa shape index (κ2) is 7.68. The molecule has 0 aromatic heterocycles. The number of nitrogens with zero attached hydrogens (tertiary/aromatic N) is 1. The van der Waals surface area contributed by atoms with Gasteiger partial charge in [-0.25, -0.2) is 4.79 Å². The lowest BCUT2D eigenvalue weighted by atomic mass is 10.2. The van der Waals surface area contributed by atoms with Crippen LogP contribution in [-0.2, 0) is 9.59 Å². The third kappa shape index (κ3) is 7.56. The molecule has 1 unspecified atom stereocenters. The highest BCUT2D eigenvalue weighted by Crippen LogP contribution is 2.17. The highest BCUT2D eigenvalue weighted by atomic mass is 19.4. The minimum atomic E-state index is -4.66. The van der Waals surface area contributed by atoms with Crippen molar-refractivity contribution in [2.45, 2.75) is 26.1 Å². The molecule has 20 heavy (non-hydrogen) atoms. The van der Waals surface area contributed by atoms with Crippen LogP contribution in [0.3, 0.4) is 0 Å². The quantitative estimate of drug-likeness (QED) is 0.649. The average molecular weight is 299 g/mol. The maximum atomic E-state index is 12.3. The second-order valence-electron chi connectivity index (χ2n) is 3.94. The Kier molecular flexibility index (Phi) is 6.97. The van der Waals surface area contributed by atoms with E-state index >= 15 is 0 Å². The lowest BCUT2D eigenvalue weighted by Gasteiger charge is -2.27. The second-order valence-corrected chi connectivity index (χ2v) is 3.94. The Hall–Kier alpha value is -1.84. The summed E-state index contributed by atoms with van der Waals surface area (Å²) in [5.74, 6) is -2.52. The van der Waals surface area contributed by atoms with Crippen molar-refractivity contribution < 1.29 is 32.7 Å². The van der Waals surface area contributed by atoms with Gasteiger partial charge in [-0.05, 0) is 13.8 Å². The molecule has 1 atom stereocenters. The van der Waals surface area contributed by atoms with Crippen molar-refractivity contribution in [3.05, 3.63) is 0 Å². The van der Waals surface area contributed by atoms with Gasteiger partial charge < -0.3 is 10.4 Å². The van der Waals surface area contributed by atoms with Crippen molar-refractivity contribution in [1.82, 2.24) is 15.5 Å². The number of halogens is 3. The molecule has 0 spiro atoms. The van der Waals surface area contributed by atoms with E-state index in [1.54, 1.807) is 6.92 Å². The van der Waals surface area contributed by atoms with Crippen molar-refractivity contribution in [1.29, 1.82) is 0 Å². The fourth-order valence-corrected chi connectivity index (χ4v) is 1.32. The van der Waals surface area contributed by atoms with Crippen LogP contribution < -0.4 is 10.6 Å². The lowest BCUT2D eigenvalue weighted by Crippen LogP contribution is -2.52. The predicted octanol–water partition coefficient (Wildman–Crippen LogP) is 0.170. The van der Waals surface area contributed by atoms with E-state index in [2.05, 4.69) is 5.32 Å². The molecule has 0 saturated carbocycles. The SMILES string of the molecule is CCNC(=O)NC(=O)C(C)N(CC(=O)O)CC(F)(F)F. The Balaban J connectivity index is 4.75. The van der Waals surface area contributed by atoms with Gasteiger partial charge in [0.15, 0.2) is 0 Å². The molecule has 0 aromatic rings. The molecule has 0 saturated heterocycles. The van der Waals surface area contributed by atoms with Crippen molar-refractivity contribution in [2.75, 3.05) is 19.6 Å². The molecule has 0 rings (SSSR count). The first-order valence-corrected chi connectivity index (χ1v) is 5.68. The molecule has 0 radical (unpaired) electrons. The van der Waals surface area contributed by atoms with Crippen LogP contribution in [-0.4, -0.2) is 59.8 Å². The van der Waals surface area contributed by atoms with Crippen molar-refractivity contribution in [3.8, 4) is 0 Å². The average Bonchev–Trinajstić information content (AvgIpc) is 2.24. The Morgan fingerprint density at radius 2 is 1.85 bits per heavy atom. The molecule has 10 heteroatoms. The van der Waals surface area contributed by atoms with Gasteiger partial charge in [0.25, 0.3) is 0 Å². The van der Waals surface area contributed by atoms with Gasteiger partial charge in [0.1, 0.15) is 0 Å². The molecule has 3 N–H and O–H groups in total. The minimum absolute atomic E-state index is 0.231. The Bertz CT molecular complexity index is 373. The van der Waals surface area contributed by atoms with Crippen molar-refractivity contribution >= 4 is 17.9 Å². The monoisotopic (exact) mass is 299 g/mol. The maximum absolute atomic E-state index is 12.3. The fraction of sp³-hybridized carbons (Fsp3) is 0.700. The largest absolute Gasteiger partial charge is 0.480 e. The van der Waals surface area contributed by atoms with E-state index in [0.717, 1.165) is 6.92 Å². The van der Waals surface area contributed by atoms with E-state index in [1.807, 2.05) is 5.32 Å². The number of carbonyl (C=O) groups is 3. The molecule has 3 amide bonds. The van der Waals surface area contributed by atoms with E-state index in [0.29, 0.717) is 4.90 Å². The fourth-order valence-electron chi connectivity index (χ4n) is 1.32. The molecule has 7 nitrogen and oxygen atoms in total. The third-order valence-corrected chi connectivity index (χ3v) is 2.22. The lowest BCUT2D eigenvalue weighted by molar-refractivity contribution is -0.159. The number of carbonyl (C=O) groups excluding carboxylic acids is 2. The summed E-state index contributed by atoms with van der Waals surface area (Å²) in [5, 5.41) is 12.6. The molecule has 0 aliphatic rings. The zero-order valence-corrected chi connectivity index (χ0v) is 11.0. The minimum Gasteiger partial charge on any atom is -0.480 e. The molecule has 0 heterocycles. The van der Waals surface area contributed by atoms with Gasteiger partial charge in [0, 0.05) is 6.54 Å². The first-order chi connectivity index (χ1) is 9.06. The summed E-state index contributed by atoms with van der Waals surface area (Å²) in [6.07, 6.45) is -4.66. The highest BCUT2D eigenvalue weighted by molar-refractivity contribution is 5.96. The number of carboxylic acid groups (broad SMARTS) is 1. The van der Waals surface area contributed by atoms with Crippen LogP contribution in [0.5, 0.6) is 0 Å². The normalized spacial score (nSPS) is 12.9. The molecular formula is C10H16F3N3O4. The van der Waals surface area contributed by atoms with Crippen LogP contribution in [0.4, 0.5) is 18.0 Å². The van der Waals surface area contributed by atoms with Crippen LogP contribution in [0.15, 0.2) is 0 Å². The number of aliphatic carboxylic acids is 1. The van der Waals surface area contributed by atoms with Crippen LogP contribution in [0, 0.1) is 0 Å². The van der Waals surface area contributed by atoms with E-state index in [4.69, 9.17) is 5.11 Å². The van der Waals surface area contributed by atoms with Crippen molar-refractivity contribution in [3.63, 3.8) is 0 Å². The number of amides is 3. The number of carboxylic acids is 1. The summed E-state index contributed by atoms with van der Waals surface area (Å²) >= 11 is 0. The smallest absolute Gasteiger partial charge is 0.401 e. The molecular weight excluding hydrogens is 283 g/mol. The predicted molar refractivity (Wildman–Crippen MR) is 61.9 cm³/mol. The van der Waals surface area contributed by atoms with Gasteiger partial charge in [0.2, 0.25) is 5.91 Å². The van der Waals surface area contributed by atoms with Crippen molar-refractivity contribution in [2.24, 2.45) is 0 Å². The highest BCUT2D eigenvalue weighted by Gasteiger charge is 2.35. The number of urea groups is 1. The number of hydrogen-bond donors (Lipinski definition) is 3. The summed E-state index contributed by atoms with van der Waals surface area (Å²) in [5.41, 5.74) is 0. The van der Waals surface area contributed by atoms with Gasteiger partial charge in [-0.15, -0.1) is 0 Å². The number of hydrogen-bond acceptors (Lipinski definition) is 4. The molecule has 0 aliphatic heterocycles. The van der Waals surface area contributed by atoms with Crippen LogP contribution in [0.2, 0.25) is 0 Å². The molecule has 116 valence electrons. The van der Waals surface area contributed by atoms with Crippen LogP contribution in [0.25, 0.3) is 0 Å². The Morgan fingerprint density at radius 1 is 1.30 bits per heavy atom. The first-order valence-electron chi connectivity index (χ1n) is 5.68.